The third-order valence-corrected chi connectivity index (χ3v) is 3.54. The SMILES string of the molecule is CCC(C)(N)c1ncc(-c2ccc(Br)cc2)[nH]1. The molecule has 0 amide bonds. The molecule has 1 aromatic heterocycles. The summed E-state index contributed by atoms with van der Waals surface area (Å²) in [5.41, 5.74) is 7.86. The molecule has 0 saturated heterocycles. The Kier molecular flexibility index (Phi) is 3.35. The fourth-order valence-electron chi connectivity index (χ4n) is 1.56. The maximum absolute atomic E-state index is 6.15. The van der Waals surface area contributed by atoms with Crippen molar-refractivity contribution in [2.75, 3.05) is 0 Å². The third-order valence-electron chi connectivity index (χ3n) is 3.01. The van der Waals surface area contributed by atoms with Gasteiger partial charge < -0.3 is 10.7 Å². The van der Waals surface area contributed by atoms with E-state index in [4.69, 9.17) is 5.73 Å². The summed E-state index contributed by atoms with van der Waals surface area (Å²) in [5, 5.41) is 0. The van der Waals surface area contributed by atoms with Crippen LogP contribution in [-0.2, 0) is 5.54 Å². The van der Waals surface area contributed by atoms with Gasteiger partial charge >= 0.3 is 0 Å². The molecule has 0 saturated carbocycles. The number of hydrogen-bond acceptors (Lipinski definition) is 2. The smallest absolute Gasteiger partial charge is 0.126 e. The molecular weight excluding hydrogens is 278 g/mol. The molecule has 2 aromatic rings. The van der Waals surface area contributed by atoms with Gasteiger partial charge in [0.1, 0.15) is 5.82 Å². The molecule has 4 heteroatoms. The second kappa shape index (κ2) is 4.63. The maximum Gasteiger partial charge on any atom is 0.126 e. The Morgan fingerprint density at radius 3 is 2.59 bits per heavy atom. The van der Waals surface area contributed by atoms with Crippen LogP contribution in [0.5, 0.6) is 0 Å². The van der Waals surface area contributed by atoms with Crippen LogP contribution in [0.2, 0.25) is 0 Å². The minimum atomic E-state index is -0.395. The van der Waals surface area contributed by atoms with Crippen molar-refractivity contribution >= 4 is 15.9 Å². The number of nitrogens with one attached hydrogen (secondary N) is 1. The molecule has 0 aliphatic heterocycles. The van der Waals surface area contributed by atoms with Gasteiger partial charge in [-0.1, -0.05) is 35.0 Å². The predicted molar refractivity (Wildman–Crippen MR) is 73.6 cm³/mol. The standard InChI is InChI=1S/C13H16BrN3/c1-3-13(2,15)12-16-8-11(17-12)9-4-6-10(14)7-5-9/h4-8H,3,15H2,1-2H3,(H,16,17). The highest BCUT2D eigenvalue weighted by Gasteiger charge is 2.22. The van der Waals surface area contributed by atoms with E-state index in [1.807, 2.05) is 37.4 Å². The number of aromatic amines is 1. The first-order chi connectivity index (χ1) is 8.03. The summed E-state index contributed by atoms with van der Waals surface area (Å²) in [4.78, 5) is 7.65. The Bertz CT molecular complexity index is 500. The largest absolute Gasteiger partial charge is 0.340 e. The number of imidazole rings is 1. The van der Waals surface area contributed by atoms with Gasteiger partial charge in [-0.05, 0) is 31.0 Å². The zero-order chi connectivity index (χ0) is 12.5. The first-order valence-corrected chi connectivity index (χ1v) is 6.42. The number of rotatable bonds is 3. The fourth-order valence-corrected chi connectivity index (χ4v) is 1.82. The highest BCUT2D eigenvalue weighted by atomic mass is 79.9. The van der Waals surface area contributed by atoms with Crippen LogP contribution in [0.25, 0.3) is 11.3 Å². The molecule has 0 aliphatic rings. The van der Waals surface area contributed by atoms with Crippen molar-refractivity contribution in [2.45, 2.75) is 25.8 Å². The molecule has 3 N–H and O–H groups in total. The Labute approximate surface area is 110 Å². The van der Waals surface area contributed by atoms with Crippen molar-refractivity contribution in [1.29, 1.82) is 0 Å². The van der Waals surface area contributed by atoms with E-state index in [0.29, 0.717) is 0 Å². The lowest BCUT2D eigenvalue weighted by molar-refractivity contribution is 0.450. The molecule has 90 valence electrons. The van der Waals surface area contributed by atoms with Crippen molar-refractivity contribution in [3.8, 4) is 11.3 Å². The fraction of sp³-hybridized carbons (Fsp3) is 0.308. The Balaban J connectivity index is 2.33. The molecule has 0 spiro atoms. The maximum atomic E-state index is 6.15. The first-order valence-electron chi connectivity index (χ1n) is 5.63. The van der Waals surface area contributed by atoms with E-state index in [-0.39, 0.29) is 0 Å². The molecular formula is C13H16BrN3. The molecule has 1 heterocycles. The zero-order valence-electron chi connectivity index (χ0n) is 10.00. The third kappa shape index (κ3) is 2.58. The minimum Gasteiger partial charge on any atom is -0.340 e. The van der Waals surface area contributed by atoms with E-state index in [0.717, 1.165) is 28.0 Å². The summed E-state index contributed by atoms with van der Waals surface area (Å²) >= 11 is 3.42. The molecule has 1 aromatic carbocycles. The van der Waals surface area contributed by atoms with E-state index >= 15 is 0 Å². The monoisotopic (exact) mass is 293 g/mol. The van der Waals surface area contributed by atoms with E-state index < -0.39 is 5.54 Å². The van der Waals surface area contributed by atoms with E-state index in [1.54, 1.807) is 0 Å². The van der Waals surface area contributed by atoms with Crippen LogP contribution in [-0.4, -0.2) is 9.97 Å². The Hall–Kier alpha value is -1.13. The van der Waals surface area contributed by atoms with Crippen molar-refractivity contribution in [2.24, 2.45) is 5.73 Å². The zero-order valence-corrected chi connectivity index (χ0v) is 11.6. The lowest BCUT2D eigenvalue weighted by Crippen LogP contribution is -2.33. The van der Waals surface area contributed by atoms with Crippen LogP contribution in [0.3, 0.4) is 0 Å². The van der Waals surface area contributed by atoms with Gasteiger partial charge in [-0.25, -0.2) is 4.98 Å². The number of H-pyrrole nitrogens is 1. The minimum absolute atomic E-state index is 0.395. The molecule has 17 heavy (non-hydrogen) atoms. The molecule has 2 rings (SSSR count). The average Bonchev–Trinajstić information content (AvgIpc) is 2.80. The Morgan fingerprint density at radius 1 is 1.35 bits per heavy atom. The highest BCUT2D eigenvalue weighted by Crippen LogP contribution is 2.24. The summed E-state index contributed by atoms with van der Waals surface area (Å²) in [6.07, 6.45) is 2.68. The molecule has 3 nitrogen and oxygen atoms in total. The second-order valence-corrected chi connectivity index (χ2v) is 5.34. The van der Waals surface area contributed by atoms with Crippen LogP contribution in [0.15, 0.2) is 34.9 Å². The van der Waals surface area contributed by atoms with Crippen LogP contribution < -0.4 is 5.73 Å². The topological polar surface area (TPSA) is 54.7 Å². The van der Waals surface area contributed by atoms with E-state index in [9.17, 15) is 0 Å². The van der Waals surface area contributed by atoms with Crippen molar-refractivity contribution < 1.29 is 0 Å². The number of nitrogens with two attached hydrogens (primary N) is 1. The lowest BCUT2D eigenvalue weighted by atomic mass is 10.00. The van der Waals surface area contributed by atoms with Crippen LogP contribution in [0.1, 0.15) is 26.1 Å². The van der Waals surface area contributed by atoms with E-state index in [1.165, 1.54) is 0 Å². The first kappa shape index (κ1) is 12.3. The number of nitrogens with zero attached hydrogens (tertiary/aromatic N) is 1. The van der Waals surface area contributed by atoms with Gasteiger partial charge in [-0.3, -0.25) is 0 Å². The quantitative estimate of drug-likeness (QED) is 0.911. The molecule has 0 fully saturated rings. The summed E-state index contributed by atoms with van der Waals surface area (Å²) in [5.74, 6) is 0.831. The van der Waals surface area contributed by atoms with Crippen LogP contribution in [0.4, 0.5) is 0 Å². The van der Waals surface area contributed by atoms with Gasteiger partial charge in [-0.2, -0.15) is 0 Å². The molecule has 1 atom stereocenters. The van der Waals surface area contributed by atoms with Gasteiger partial charge in [0.15, 0.2) is 0 Å². The van der Waals surface area contributed by atoms with Gasteiger partial charge in [0.25, 0.3) is 0 Å². The van der Waals surface area contributed by atoms with E-state index in [2.05, 4.69) is 32.8 Å². The van der Waals surface area contributed by atoms with Gasteiger partial charge in [0.05, 0.1) is 17.4 Å². The number of hydrogen-bond donors (Lipinski definition) is 2. The predicted octanol–water partition coefficient (Wildman–Crippen LogP) is 3.42. The highest BCUT2D eigenvalue weighted by molar-refractivity contribution is 9.10. The number of halogens is 1. The summed E-state index contributed by atoms with van der Waals surface area (Å²) in [6.45, 7) is 4.04. The number of benzene rings is 1. The van der Waals surface area contributed by atoms with Crippen LogP contribution in [0, 0.1) is 0 Å². The summed E-state index contributed by atoms with van der Waals surface area (Å²) < 4.78 is 1.07. The summed E-state index contributed by atoms with van der Waals surface area (Å²) in [6, 6.07) is 8.11. The molecule has 0 radical (unpaired) electrons. The van der Waals surface area contributed by atoms with Crippen molar-refractivity contribution in [1.82, 2.24) is 9.97 Å². The lowest BCUT2D eigenvalue weighted by Gasteiger charge is -2.19. The van der Waals surface area contributed by atoms with Gasteiger partial charge in [-0.15, -0.1) is 0 Å². The average molecular weight is 294 g/mol. The number of aromatic nitrogens is 2. The molecule has 0 aliphatic carbocycles. The summed E-state index contributed by atoms with van der Waals surface area (Å²) in [7, 11) is 0. The van der Waals surface area contributed by atoms with Crippen molar-refractivity contribution in [3.05, 3.63) is 40.8 Å². The molecule has 1 unspecified atom stereocenters. The van der Waals surface area contributed by atoms with Crippen molar-refractivity contribution in [3.63, 3.8) is 0 Å². The second-order valence-electron chi connectivity index (χ2n) is 4.42. The van der Waals surface area contributed by atoms with Gasteiger partial charge in [0.2, 0.25) is 0 Å². The molecule has 0 bridgehead atoms. The van der Waals surface area contributed by atoms with Gasteiger partial charge in [0, 0.05) is 4.47 Å². The normalized spacial score (nSPS) is 14.6. The van der Waals surface area contributed by atoms with Crippen LogP contribution >= 0.6 is 15.9 Å². The Morgan fingerprint density at radius 2 is 2.00 bits per heavy atom.